The molecule has 1 aliphatic rings. The highest BCUT2D eigenvalue weighted by atomic mass is 16.6. The van der Waals surface area contributed by atoms with Gasteiger partial charge in [-0.2, -0.15) is 0 Å². The maximum atomic E-state index is 12.4. The first-order valence-corrected chi connectivity index (χ1v) is 11.6. The molecule has 1 aliphatic heterocycles. The van der Waals surface area contributed by atoms with E-state index < -0.39 is 0 Å². The van der Waals surface area contributed by atoms with E-state index in [0.29, 0.717) is 13.0 Å². The zero-order valence-electron chi connectivity index (χ0n) is 19.8. The summed E-state index contributed by atoms with van der Waals surface area (Å²) in [5.74, 6) is 7.85. The quantitative estimate of drug-likeness (QED) is 0.207. The highest BCUT2D eigenvalue weighted by Crippen LogP contribution is 2.13. The topological polar surface area (TPSA) is 100 Å². The van der Waals surface area contributed by atoms with Crippen molar-refractivity contribution in [3.05, 3.63) is 17.6 Å². The van der Waals surface area contributed by atoms with Gasteiger partial charge in [-0.1, -0.05) is 45.5 Å². The summed E-state index contributed by atoms with van der Waals surface area (Å²) < 4.78 is 5.41. The van der Waals surface area contributed by atoms with E-state index in [-0.39, 0.29) is 19.0 Å². The van der Waals surface area contributed by atoms with Crippen LogP contribution in [0.5, 0.6) is 0 Å². The van der Waals surface area contributed by atoms with Crippen molar-refractivity contribution in [3.63, 3.8) is 0 Å². The third kappa shape index (κ3) is 10.6. The molecule has 2 heterocycles. The second-order valence-electron chi connectivity index (χ2n) is 7.12. The molecule has 0 spiro atoms. The van der Waals surface area contributed by atoms with E-state index in [2.05, 4.69) is 50.1 Å². The Hall–Kier alpha value is -2.15. The lowest BCUT2D eigenvalue weighted by molar-refractivity contribution is -0.122. The van der Waals surface area contributed by atoms with E-state index >= 15 is 0 Å². The molecule has 2 rings (SSSR count). The van der Waals surface area contributed by atoms with Crippen LogP contribution in [0.3, 0.4) is 0 Å². The number of aryl methyl sites for hydroxylation is 1. The highest BCUT2D eigenvalue weighted by molar-refractivity contribution is 6.49. The van der Waals surface area contributed by atoms with Gasteiger partial charge in [-0.15, -0.1) is 0 Å². The van der Waals surface area contributed by atoms with Gasteiger partial charge >= 0.3 is 7.05 Å². The van der Waals surface area contributed by atoms with Crippen molar-refractivity contribution in [3.8, 4) is 11.8 Å². The molecule has 0 radical (unpaired) electrons. The van der Waals surface area contributed by atoms with Gasteiger partial charge in [-0.3, -0.25) is 4.79 Å². The fraction of sp³-hybridized carbons (Fsp3) is 0.682. The maximum Gasteiger partial charge on any atom is 0.401 e. The molecule has 8 nitrogen and oxygen atoms in total. The van der Waals surface area contributed by atoms with Crippen LogP contribution < -0.4 is 21.3 Å². The van der Waals surface area contributed by atoms with Crippen molar-refractivity contribution in [2.75, 3.05) is 25.5 Å². The van der Waals surface area contributed by atoms with Gasteiger partial charge in [0.05, 0.1) is 11.6 Å². The Bertz CT molecular complexity index is 707. The fourth-order valence-corrected chi connectivity index (χ4v) is 3.12. The first kappa shape index (κ1) is 26.9. The normalized spacial score (nSPS) is 15.6. The molecule has 1 fully saturated rings. The number of aromatic nitrogens is 2. The van der Waals surface area contributed by atoms with Crippen molar-refractivity contribution in [2.24, 2.45) is 0 Å². The number of carbonyl (C=O) groups is 1. The number of nitrogens with zero attached hydrogens (tertiary/aromatic N) is 2. The smallest absolute Gasteiger partial charge is 0.369 e. The van der Waals surface area contributed by atoms with Gasteiger partial charge in [0.25, 0.3) is 0 Å². The van der Waals surface area contributed by atoms with Crippen LogP contribution in [0.25, 0.3) is 0 Å². The predicted molar refractivity (Wildman–Crippen MR) is 127 cm³/mol. The number of carbonyl (C=O) groups excluding carboxylic acids is 1. The number of amides is 1. The number of hydrogen-bond acceptors (Lipinski definition) is 7. The molecule has 1 aromatic heterocycles. The summed E-state index contributed by atoms with van der Waals surface area (Å²) in [7, 11) is 1.60. The average molecular weight is 430 g/mol. The maximum absolute atomic E-state index is 12.4. The molecule has 1 amide bonds. The van der Waals surface area contributed by atoms with Gasteiger partial charge < -0.3 is 20.6 Å². The zero-order valence-corrected chi connectivity index (χ0v) is 19.8. The minimum Gasteiger partial charge on any atom is -0.369 e. The van der Waals surface area contributed by atoms with Crippen molar-refractivity contribution in [2.45, 2.75) is 78.6 Å². The number of anilines is 1. The lowest BCUT2D eigenvalue weighted by Gasteiger charge is -2.19. The Labute approximate surface area is 188 Å². The molecule has 0 aliphatic carbocycles. The van der Waals surface area contributed by atoms with E-state index in [0.717, 1.165) is 62.2 Å². The number of hydroxylamine groups is 1. The summed E-state index contributed by atoms with van der Waals surface area (Å²) in [6.07, 6.45) is 8.08. The van der Waals surface area contributed by atoms with Crippen molar-refractivity contribution >= 4 is 18.8 Å². The molecule has 1 aromatic rings. The zero-order chi connectivity index (χ0) is 22.9. The van der Waals surface area contributed by atoms with Crippen molar-refractivity contribution in [1.82, 2.24) is 26.0 Å². The molecule has 4 N–H and O–H groups in total. The molecule has 9 heteroatoms. The summed E-state index contributed by atoms with van der Waals surface area (Å²) in [6.45, 7) is 9.44. The predicted octanol–water partition coefficient (Wildman–Crippen LogP) is 2.66. The lowest BCUT2D eigenvalue weighted by Crippen LogP contribution is -2.51. The number of nitrogens with one attached hydrogen (secondary N) is 4. The number of unbranched alkanes of at least 4 members (excludes halogenated alkanes) is 1. The molecular weight excluding hydrogens is 391 g/mol. The van der Waals surface area contributed by atoms with Crippen LogP contribution in [-0.2, 0) is 9.55 Å². The molecule has 31 heavy (non-hydrogen) atoms. The standard InChI is InChI=1S/C20H33BN6O2.C2H6/c1-4-13-23-19-17(15-25-16(2)26-19)10-6-5-9-14-24-20(28)18-11-7-8-12-21(27-18)29-22-3;1-2/h15,18,22,27H,4-5,7-9,11-14H2,1-3H3,(H,24,28)(H,23,25,26);1-2H3. The fourth-order valence-electron chi connectivity index (χ4n) is 3.12. The summed E-state index contributed by atoms with van der Waals surface area (Å²) in [5, 5.41) is 9.57. The summed E-state index contributed by atoms with van der Waals surface area (Å²) in [4.78, 5) is 21.1. The minimum atomic E-state index is -0.209. The highest BCUT2D eigenvalue weighted by Gasteiger charge is 2.28. The molecule has 0 saturated carbocycles. The first-order valence-electron chi connectivity index (χ1n) is 11.6. The van der Waals surface area contributed by atoms with Crippen LogP contribution in [0.15, 0.2) is 6.20 Å². The summed E-state index contributed by atoms with van der Waals surface area (Å²) in [6, 6.07) is -0.209. The first-order chi connectivity index (χ1) is 15.1. The van der Waals surface area contributed by atoms with E-state index in [9.17, 15) is 4.79 Å². The Morgan fingerprint density at radius 2 is 2.16 bits per heavy atom. The summed E-state index contributed by atoms with van der Waals surface area (Å²) >= 11 is 0. The second kappa shape index (κ2) is 16.5. The van der Waals surface area contributed by atoms with Crippen LogP contribution in [0.4, 0.5) is 5.82 Å². The van der Waals surface area contributed by atoms with Gasteiger partial charge in [0.1, 0.15) is 11.6 Å². The van der Waals surface area contributed by atoms with Crippen LogP contribution in [0.1, 0.15) is 70.7 Å². The van der Waals surface area contributed by atoms with Gasteiger partial charge in [0.2, 0.25) is 5.91 Å². The van der Waals surface area contributed by atoms with Crippen molar-refractivity contribution in [1.29, 1.82) is 0 Å². The van der Waals surface area contributed by atoms with Crippen LogP contribution >= 0.6 is 0 Å². The number of hydrogen-bond donors (Lipinski definition) is 4. The van der Waals surface area contributed by atoms with Crippen LogP contribution in [0, 0.1) is 18.8 Å². The van der Waals surface area contributed by atoms with E-state index in [1.807, 2.05) is 20.8 Å². The monoisotopic (exact) mass is 430 g/mol. The SMILES string of the molecule is CC.CCCNc1nc(C)ncc1C#CCCCNC(=O)C1CCCCB(ONC)N1. The Morgan fingerprint density at radius 1 is 1.35 bits per heavy atom. The molecule has 1 atom stereocenters. The number of rotatable bonds is 9. The molecule has 1 unspecified atom stereocenters. The Kier molecular flexibility index (Phi) is 14.3. The van der Waals surface area contributed by atoms with Crippen LogP contribution in [0.2, 0.25) is 6.32 Å². The van der Waals surface area contributed by atoms with E-state index in [1.165, 1.54) is 0 Å². The average Bonchev–Trinajstić information content (AvgIpc) is 3.03. The third-order valence-electron chi connectivity index (χ3n) is 4.63. The third-order valence-corrected chi connectivity index (χ3v) is 4.63. The van der Waals surface area contributed by atoms with Gasteiger partial charge in [-0.05, 0) is 32.5 Å². The van der Waals surface area contributed by atoms with E-state index in [4.69, 9.17) is 4.76 Å². The molecule has 172 valence electrons. The van der Waals surface area contributed by atoms with Gasteiger partial charge in [0, 0.05) is 32.8 Å². The van der Waals surface area contributed by atoms with Gasteiger partial charge in [-0.25, -0.2) is 15.4 Å². The molecular formula is C22H39BN6O2. The Balaban J connectivity index is 0.00000233. The molecule has 0 bridgehead atoms. The van der Waals surface area contributed by atoms with Gasteiger partial charge in [0.15, 0.2) is 0 Å². The largest absolute Gasteiger partial charge is 0.401 e. The molecule has 0 aromatic carbocycles. The van der Waals surface area contributed by atoms with E-state index in [1.54, 1.807) is 13.2 Å². The summed E-state index contributed by atoms with van der Waals surface area (Å²) in [5.41, 5.74) is 3.51. The molecule has 1 saturated heterocycles. The van der Waals surface area contributed by atoms with Crippen LogP contribution in [-0.4, -0.2) is 49.1 Å². The second-order valence-corrected chi connectivity index (χ2v) is 7.12. The lowest BCUT2D eigenvalue weighted by atomic mass is 9.77. The minimum absolute atomic E-state index is 0.0301. The van der Waals surface area contributed by atoms with Crippen molar-refractivity contribution < 1.29 is 9.55 Å². The Morgan fingerprint density at radius 3 is 2.90 bits per heavy atom.